The molecule has 1 N–H and O–H groups in total. The number of nitrogens with zero attached hydrogens (tertiary/aromatic N) is 2. The lowest BCUT2D eigenvalue weighted by Crippen LogP contribution is -2.48. The van der Waals surface area contributed by atoms with E-state index in [0.29, 0.717) is 5.22 Å². The van der Waals surface area contributed by atoms with Crippen molar-refractivity contribution in [3.8, 4) is 0 Å². The van der Waals surface area contributed by atoms with Crippen molar-refractivity contribution in [2.75, 3.05) is 5.75 Å². The van der Waals surface area contributed by atoms with Crippen molar-refractivity contribution in [2.45, 2.75) is 49.2 Å². The molecule has 1 aromatic heterocycles. The summed E-state index contributed by atoms with van der Waals surface area (Å²) in [5.74, 6) is 2.39. The van der Waals surface area contributed by atoms with Crippen LogP contribution in [0, 0.1) is 17.8 Å². The molecule has 0 amide bonds. The second-order valence-corrected chi connectivity index (χ2v) is 7.68. The Labute approximate surface area is 121 Å². The first-order chi connectivity index (χ1) is 9.63. The van der Waals surface area contributed by atoms with Gasteiger partial charge in [0.1, 0.15) is 5.75 Å². The number of hydrogen-bond acceptors (Lipinski definition) is 5. The predicted molar refractivity (Wildman–Crippen MR) is 72.5 cm³/mol. The van der Waals surface area contributed by atoms with Gasteiger partial charge in [0.05, 0.1) is 0 Å². The molecule has 4 bridgehead atoms. The van der Waals surface area contributed by atoms with Crippen LogP contribution in [-0.4, -0.2) is 27.0 Å². The van der Waals surface area contributed by atoms with Gasteiger partial charge in [0.15, 0.2) is 0 Å². The summed E-state index contributed by atoms with van der Waals surface area (Å²) in [6, 6.07) is 0. The van der Waals surface area contributed by atoms with E-state index in [4.69, 9.17) is 9.52 Å². The number of aliphatic carboxylic acids is 1. The normalized spacial score (nSPS) is 38.3. The largest absolute Gasteiger partial charge is 0.481 e. The van der Waals surface area contributed by atoms with E-state index < -0.39 is 5.97 Å². The van der Waals surface area contributed by atoms with E-state index in [9.17, 15) is 4.79 Å². The van der Waals surface area contributed by atoms with Crippen molar-refractivity contribution in [3.05, 3.63) is 5.89 Å². The molecule has 6 heteroatoms. The summed E-state index contributed by atoms with van der Waals surface area (Å²) in [4.78, 5) is 10.6. The van der Waals surface area contributed by atoms with Crippen molar-refractivity contribution in [1.82, 2.24) is 10.2 Å². The number of rotatable bonds is 4. The average Bonchev–Trinajstić information content (AvgIpc) is 2.84. The Morgan fingerprint density at radius 3 is 2.35 bits per heavy atom. The molecule has 108 valence electrons. The molecule has 1 aromatic rings. The molecular weight excluding hydrogens is 276 g/mol. The highest BCUT2D eigenvalue weighted by Crippen LogP contribution is 2.60. The fourth-order valence-electron chi connectivity index (χ4n) is 4.98. The van der Waals surface area contributed by atoms with Crippen LogP contribution in [0.1, 0.15) is 44.4 Å². The molecule has 4 saturated carbocycles. The number of hydrogen-bond donors (Lipinski definition) is 1. The van der Waals surface area contributed by atoms with E-state index in [-0.39, 0.29) is 11.2 Å². The Bertz CT molecular complexity index is 507. The second kappa shape index (κ2) is 4.48. The molecule has 1 heterocycles. The molecule has 0 aromatic carbocycles. The minimum atomic E-state index is -0.857. The van der Waals surface area contributed by atoms with Crippen LogP contribution < -0.4 is 0 Å². The van der Waals surface area contributed by atoms with Crippen LogP contribution in [0.5, 0.6) is 0 Å². The maximum absolute atomic E-state index is 10.6. The summed E-state index contributed by atoms with van der Waals surface area (Å²) < 4.78 is 5.80. The number of thioether (sulfide) groups is 1. The number of aromatic nitrogens is 2. The maximum Gasteiger partial charge on any atom is 0.314 e. The molecule has 0 aliphatic heterocycles. The minimum absolute atomic E-state index is 0.0253. The van der Waals surface area contributed by atoms with Crippen molar-refractivity contribution in [2.24, 2.45) is 17.8 Å². The van der Waals surface area contributed by atoms with Gasteiger partial charge in [-0.3, -0.25) is 4.79 Å². The van der Waals surface area contributed by atoms with Gasteiger partial charge in [-0.1, -0.05) is 11.8 Å². The van der Waals surface area contributed by atoms with Crippen LogP contribution in [0.4, 0.5) is 0 Å². The number of carboxylic acid groups (broad SMARTS) is 1. The molecule has 0 radical (unpaired) electrons. The summed E-state index contributed by atoms with van der Waals surface area (Å²) in [5, 5.41) is 17.4. The third-order valence-electron chi connectivity index (χ3n) is 5.22. The Morgan fingerprint density at radius 1 is 1.20 bits per heavy atom. The Morgan fingerprint density at radius 2 is 1.80 bits per heavy atom. The zero-order chi connectivity index (χ0) is 13.7. The smallest absolute Gasteiger partial charge is 0.314 e. The van der Waals surface area contributed by atoms with E-state index in [2.05, 4.69) is 10.2 Å². The second-order valence-electron chi connectivity index (χ2n) is 6.75. The molecule has 0 spiro atoms. The van der Waals surface area contributed by atoms with Crippen LogP contribution in [0.3, 0.4) is 0 Å². The molecule has 5 rings (SSSR count). The van der Waals surface area contributed by atoms with E-state index in [1.165, 1.54) is 38.5 Å². The topological polar surface area (TPSA) is 76.2 Å². The molecule has 0 atom stereocenters. The van der Waals surface area contributed by atoms with Crippen LogP contribution in [0.25, 0.3) is 0 Å². The van der Waals surface area contributed by atoms with E-state index in [1.807, 2.05) is 0 Å². The van der Waals surface area contributed by atoms with Crippen LogP contribution in [0.2, 0.25) is 0 Å². The Hall–Kier alpha value is -1.04. The van der Waals surface area contributed by atoms with E-state index >= 15 is 0 Å². The first kappa shape index (κ1) is 12.7. The molecular formula is C14H18N2O3S. The zero-order valence-electron chi connectivity index (χ0n) is 11.2. The highest BCUT2D eigenvalue weighted by molar-refractivity contribution is 7.99. The minimum Gasteiger partial charge on any atom is -0.481 e. The van der Waals surface area contributed by atoms with Crippen LogP contribution in [0.15, 0.2) is 9.64 Å². The Balaban J connectivity index is 1.56. The number of carbonyl (C=O) groups is 1. The molecule has 5 nitrogen and oxygen atoms in total. The van der Waals surface area contributed by atoms with Crippen LogP contribution in [-0.2, 0) is 10.2 Å². The van der Waals surface area contributed by atoms with Gasteiger partial charge in [0, 0.05) is 5.41 Å². The first-order valence-electron chi connectivity index (χ1n) is 7.31. The lowest BCUT2D eigenvalue weighted by Gasteiger charge is -2.55. The predicted octanol–water partition coefficient (Wildman–Crippen LogP) is 2.71. The van der Waals surface area contributed by atoms with Gasteiger partial charge >= 0.3 is 5.97 Å². The lowest BCUT2D eigenvalue weighted by molar-refractivity contribution is -0.133. The molecule has 20 heavy (non-hydrogen) atoms. The average molecular weight is 294 g/mol. The third kappa shape index (κ3) is 2.05. The Kier molecular flexibility index (Phi) is 2.84. The van der Waals surface area contributed by atoms with Crippen molar-refractivity contribution in [1.29, 1.82) is 0 Å². The quantitative estimate of drug-likeness (QED) is 0.860. The lowest BCUT2D eigenvalue weighted by atomic mass is 9.49. The van der Waals surface area contributed by atoms with Crippen LogP contribution >= 0.6 is 11.8 Å². The fraction of sp³-hybridized carbons (Fsp3) is 0.786. The van der Waals surface area contributed by atoms with Crippen molar-refractivity contribution >= 4 is 17.7 Å². The summed E-state index contributed by atoms with van der Waals surface area (Å²) in [6.07, 6.45) is 7.70. The van der Waals surface area contributed by atoms with Gasteiger partial charge in [-0.25, -0.2) is 0 Å². The van der Waals surface area contributed by atoms with Gasteiger partial charge in [-0.15, -0.1) is 10.2 Å². The van der Waals surface area contributed by atoms with E-state index in [1.54, 1.807) is 0 Å². The first-order valence-corrected chi connectivity index (χ1v) is 8.30. The molecule has 4 fully saturated rings. The standard InChI is InChI=1S/C14H18N2O3S/c17-11(18)7-20-13-16-15-12(19-13)14-4-8-1-9(5-14)3-10(2-8)6-14/h8-10H,1-7H2,(H,17,18). The monoisotopic (exact) mass is 294 g/mol. The maximum atomic E-state index is 10.6. The van der Waals surface area contributed by atoms with Gasteiger partial charge in [-0.2, -0.15) is 0 Å². The van der Waals surface area contributed by atoms with Crippen molar-refractivity contribution in [3.63, 3.8) is 0 Å². The van der Waals surface area contributed by atoms with Gasteiger partial charge < -0.3 is 9.52 Å². The van der Waals surface area contributed by atoms with Gasteiger partial charge in [0.25, 0.3) is 5.22 Å². The summed E-state index contributed by atoms with van der Waals surface area (Å²) in [7, 11) is 0. The van der Waals surface area contributed by atoms with Crippen molar-refractivity contribution < 1.29 is 14.3 Å². The van der Waals surface area contributed by atoms with Gasteiger partial charge in [0.2, 0.25) is 5.89 Å². The highest BCUT2D eigenvalue weighted by Gasteiger charge is 2.54. The molecule has 4 aliphatic carbocycles. The zero-order valence-corrected chi connectivity index (χ0v) is 12.1. The molecule has 4 aliphatic rings. The highest BCUT2D eigenvalue weighted by atomic mass is 32.2. The SMILES string of the molecule is O=C(O)CSc1nnc(C23CC4CC(CC(C4)C2)C3)o1. The summed E-state index contributed by atoms with van der Waals surface area (Å²) in [5.41, 5.74) is 0.101. The summed E-state index contributed by atoms with van der Waals surface area (Å²) in [6.45, 7) is 0. The molecule has 0 saturated heterocycles. The number of carboxylic acids is 1. The van der Waals surface area contributed by atoms with Gasteiger partial charge in [-0.05, 0) is 56.3 Å². The van der Waals surface area contributed by atoms with E-state index in [0.717, 1.165) is 35.4 Å². The third-order valence-corrected chi connectivity index (χ3v) is 6.02. The molecule has 0 unspecified atom stereocenters. The fourth-order valence-corrected chi connectivity index (χ4v) is 5.46. The summed E-state index contributed by atoms with van der Waals surface area (Å²) >= 11 is 1.11.